The summed E-state index contributed by atoms with van der Waals surface area (Å²) in [7, 11) is 1.90. The molecule has 118 valence electrons. The highest BCUT2D eigenvalue weighted by Crippen LogP contribution is 2.39. The molecule has 1 atom stereocenters. The summed E-state index contributed by atoms with van der Waals surface area (Å²) >= 11 is 0. The van der Waals surface area contributed by atoms with E-state index in [-0.39, 0.29) is 35.8 Å². The fourth-order valence-electron chi connectivity index (χ4n) is 3.77. The van der Waals surface area contributed by atoms with E-state index in [9.17, 15) is 9.90 Å². The molecule has 0 spiro atoms. The van der Waals surface area contributed by atoms with Gasteiger partial charge >= 0.3 is 0 Å². The maximum Gasteiger partial charge on any atom is 0.229 e. The van der Waals surface area contributed by atoms with Crippen LogP contribution in [0.15, 0.2) is 0 Å². The number of carbonyl (C=O) groups is 1. The van der Waals surface area contributed by atoms with Crippen LogP contribution in [0.1, 0.15) is 45.4 Å². The van der Waals surface area contributed by atoms with Crippen molar-refractivity contribution >= 4 is 18.3 Å². The summed E-state index contributed by atoms with van der Waals surface area (Å²) in [6.45, 7) is 4.78. The van der Waals surface area contributed by atoms with Crippen LogP contribution in [-0.2, 0) is 4.79 Å². The number of aliphatic hydroxyl groups excluding tert-OH is 1. The molecule has 0 aromatic rings. The molecule has 20 heavy (non-hydrogen) atoms. The van der Waals surface area contributed by atoms with E-state index < -0.39 is 0 Å². The number of piperidine rings is 1. The monoisotopic (exact) mass is 304 g/mol. The van der Waals surface area contributed by atoms with Crippen molar-refractivity contribution in [3.63, 3.8) is 0 Å². The fourth-order valence-corrected chi connectivity index (χ4v) is 3.77. The zero-order valence-corrected chi connectivity index (χ0v) is 13.6. The summed E-state index contributed by atoms with van der Waals surface area (Å²) in [5.74, 6) is 0.236. The summed E-state index contributed by atoms with van der Waals surface area (Å²) in [4.78, 5) is 14.5. The average Bonchev–Trinajstić information content (AvgIpc) is 2.88. The zero-order valence-electron chi connectivity index (χ0n) is 12.8. The number of nitrogens with one attached hydrogen (secondary N) is 1. The van der Waals surface area contributed by atoms with E-state index in [1.807, 2.05) is 11.9 Å². The van der Waals surface area contributed by atoms with Gasteiger partial charge in [0.25, 0.3) is 0 Å². The lowest BCUT2D eigenvalue weighted by atomic mass is 9.80. The van der Waals surface area contributed by atoms with E-state index >= 15 is 0 Å². The van der Waals surface area contributed by atoms with Gasteiger partial charge in [-0.1, -0.05) is 12.8 Å². The summed E-state index contributed by atoms with van der Waals surface area (Å²) < 4.78 is 0. The van der Waals surface area contributed by atoms with Gasteiger partial charge in [-0.3, -0.25) is 4.79 Å². The third kappa shape index (κ3) is 3.66. The van der Waals surface area contributed by atoms with Gasteiger partial charge in [0.1, 0.15) is 0 Å². The number of hydrogen-bond donors (Lipinski definition) is 2. The molecule has 2 fully saturated rings. The minimum Gasteiger partial charge on any atom is -0.396 e. The Morgan fingerprint density at radius 2 is 1.90 bits per heavy atom. The molecular weight excluding hydrogens is 276 g/mol. The Balaban J connectivity index is 0.00000200. The SMILES string of the molecule is CN(CC1(CO)CCCC1)C(=O)C1(C)CCCNC1.Cl. The van der Waals surface area contributed by atoms with Crippen molar-refractivity contribution < 1.29 is 9.90 Å². The van der Waals surface area contributed by atoms with Crippen molar-refractivity contribution in [2.75, 3.05) is 33.3 Å². The number of nitrogens with zero attached hydrogens (tertiary/aromatic N) is 1. The van der Waals surface area contributed by atoms with Crippen molar-refractivity contribution in [3.8, 4) is 0 Å². The van der Waals surface area contributed by atoms with Crippen molar-refractivity contribution in [2.24, 2.45) is 10.8 Å². The van der Waals surface area contributed by atoms with Crippen LogP contribution >= 0.6 is 12.4 Å². The number of carbonyl (C=O) groups excluding carboxylic acids is 1. The van der Waals surface area contributed by atoms with E-state index in [1.54, 1.807) is 0 Å². The molecule has 0 bridgehead atoms. The molecule has 0 aromatic carbocycles. The molecule has 2 aliphatic rings. The highest BCUT2D eigenvalue weighted by atomic mass is 35.5. The second-order valence-electron chi connectivity index (χ2n) is 6.87. The van der Waals surface area contributed by atoms with Crippen LogP contribution < -0.4 is 5.32 Å². The smallest absolute Gasteiger partial charge is 0.229 e. The predicted molar refractivity (Wildman–Crippen MR) is 83.1 cm³/mol. The van der Waals surface area contributed by atoms with Crippen LogP contribution in [0.25, 0.3) is 0 Å². The van der Waals surface area contributed by atoms with Gasteiger partial charge in [-0.25, -0.2) is 0 Å². The van der Waals surface area contributed by atoms with Gasteiger partial charge in [0.2, 0.25) is 5.91 Å². The largest absolute Gasteiger partial charge is 0.396 e. The Labute approximate surface area is 128 Å². The van der Waals surface area contributed by atoms with Gasteiger partial charge in [0.15, 0.2) is 0 Å². The molecule has 5 heteroatoms. The van der Waals surface area contributed by atoms with Gasteiger partial charge in [-0.05, 0) is 39.2 Å². The zero-order chi connectivity index (χ0) is 13.9. The van der Waals surface area contributed by atoms with Gasteiger partial charge < -0.3 is 15.3 Å². The molecule has 4 nitrogen and oxygen atoms in total. The minimum absolute atomic E-state index is 0. The molecule has 1 aliphatic heterocycles. The topological polar surface area (TPSA) is 52.6 Å². The molecular formula is C15H29ClN2O2. The summed E-state index contributed by atoms with van der Waals surface area (Å²) in [6, 6.07) is 0. The summed E-state index contributed by atoms with van der Waals surface area (Å²) in [5.41, 5.74) is -0.300. The van der Waals surface area contributed by atoms with Gasteiger partial charge in [-0.2, -0.15) is 0 Å². The maximum atomic E-state index is 12.7. The lowest BCUT2D eigenvalue weighted by Crippen LogP contribution is -2.51. The Kier molecular flexibility index (Phi) is 6.29. The highest BCUT2D eigenvalue weighted by molar-refractivity contribution is 5.85. The number of halogens is 1. The summed E-state index contributed by atoms with van der Waals surface area (Å²) in [5, 5.41) is 13.0. The number of aliphatic hydroxyl groups is 1. The van der Waals surface area contributed by atoms with E-state index in [2.05, 4.69) is 12.2 Å². The Morgan fingerprint density at radius 3 is 2.40 bits per heavy atom. The van der Waals surface area contributed by atoms with Crippen LogP contribution in [0.4, 0.5) is 0 Å². The van der Waals surface area contributed by atoms with E-state index in [4.69, 9.17) is 0 Å². The average molecular weight is 305 g/mol. The maximum absolute atomic E-state index is 12.7. The van der Waals surface area contributed by atoms with Gasteiger partial charge in [-0.15, -0.1) is 12.4 Å². The van der Waals surface area contributed by atoms with E-state index in [1.165, 1.54) is 12.8 Å². The van der Waals surface area contributed by atoms with Gasteiger partial charge in [0.05, 0.1) is 12.0 Å². The van der Waals surface area contributed by atoms with E-state index in [0.29, 0.717) is 6.54 Å². The quantitative estimate of drug-likeness (QED) is 0.833. The van der Waals surface area contributed by atoms with Crippen molar-refractivity contribution in [3.05, 3.63) is 0 Å². The molecule has 1 amide bonds. The van der Waals surface area contributed by atoms with E-state index in [0.717, 1.165) is 38.8 Å². The highest BCUT2D eigenvalue weighted by Gasteiger charge is 2.40. The molecule has 1 aliphatic carbocycles. The molecule has 1 saturated heterocycles. The number of hydrogen-bond acceptors (Lipinski definition) is 3. The predicted octanol–water partition coefficient (Wildman–Crippen LogP) is 1.81. The van der Waals surface area contributed by atoms with Crippen LogP contribution in [0.5, 0.6) is 0 Å². The van der Waals surface area contributed by atoms with Crippen molar-refractivity contribution in [2.45, 2.75) is 45.4 Å². The second kappa shape index (κ2) is 7.10. The fraction of sp³-hybridized carbons (Fsp3) is 0.933. The first kappa shape index (κ1) is 17.7. The second-order valence-corrected chi connectivity index (χ2v) is 6.87. The lowest BCUT2D eigenvalue weighted by molar-refractivity contribution is -0.142. The molecule has 0 aromatic heterocycles. The third-order valence-corrected chi connectivity index (χ3v) is 5.03. The molecule has 2 rings (SSSR count). The standard InChI is InChI=1S/C15H28N2O2.ClH/c1-14(6-5-9-16-10-14)13(19)17(2)11-15(12-18)7-3-4-8-15;/h16,18H,3-12H2,1-2H3;1H. The first-order valence-electron chi connectivity index (χ1n) is 7.59. The van der Waals surface area contributed by atoms with Gasteiger partial charge in [0, 0.05) is 25.6 Å². The van der Waals surface area contributed by atoms with Crippen molar-refractivity contribution in [1.82, 2.24) is 10.2 Å². The first-order chi connectivity index (χ1) is 9.01. The Hall–Kier alpha value is -0.320. The number of rotatable bonds is 4. The normalized spacial score (nSPS) is 28.8. The van der Waals surface area contributed by atoms with Crippen LogP contribution in [0.3, 0.4) is 0 Å². The Morgan fingerprint density at radius 1 is 1.25 bits per heavy atom. The van der Waals surface area contributed by atoms with Crippen LogP contribution in [0.2, 0.25) is 0 Å². The summed E-state index contributed by atoms with van der Waals surface area (Å²) in [6.07, 6.45) is 6.51. The third-order valence-electron chi connectivity index (χ3n) is 5.03. The number of amides is 1. The van der Waals surface area contributed by atoms with Crippen LogP contribution in [0, 0.1) is 10.8 Å². The molecule has 0 radical (unpaired) electrons. The van der Waals surface area contributed by atoms with Crippen LogP contribution in [-0.4, -0.2) is 49.2 Å². The lowest BCUT2D eigenvalue weighted by Gasteiger charge is -2.39. The molecule has 1 unspecified atom stereocenters. The molecule has 1 saturated carbocycles. The molecule has 1 heterocycles. The Bertz CT molecular complexity index is 324. The molecule has 2 N–H and O–H groups in total. The minimum atomic E-state index is -0.262. The first-order valence-corrected chi connectivity index (χ1v) is 7.59. The van der Waals surface area contributed by atoms with Crippen molar-refractivity contribution in [1.29, 1.82) is 0 Å².